The second-order valence-electron chi connectivity index (χ2n) is 19.3. The molecule has 2 saturated heterocycles. The summed E-state index contributed by atoms with van der Waals surface area (Å²) in [6.45, 7) is 12.6. The van der Waals surface area contributed by atoms with Crippen LogP contribution in [0, 0.1) is 12.8 Å². The summed E-state index contributed by atoms with van der Waals surface area (Å²) in [4.78, 5) is 67.8. The predicted octanol–water partition coefficient (Wildman–Crippen LogP) is 7.78. The van der Waals surface area contributed by atoms with Gasteiger partial charge in [-0.05, 0) is 64.9 Å². The van der Waals surface area contributed by atoms with Gasteiger partial charge >= 0.3 is 0 Å². The number of nitrogens with zero attached hydrogens (tertiary/aromatic N) is 7. The van der Waals surface area contributed by atoms with Crippen LogP contribution < -0.4 is 15.4 Å². The van der Waals surface area contributed by atoms with Crippen molar-refractivity contribution in [1.82, 2.24) is 44.9 Å². The molecular weight excluding hydrogens is 948 g/mol. The van der Waals surface area contributed by atoms with E-state index in [4.69, 9.17) is 16.3 Å². The van der Waals surface area contributed by atoms with Crippen LogP contribution in [0.1, 0.15) is 58.6 Å². The van der Waals surface area contributed by atoms with Gasteiger partial charge < -0.3 is 35.3 Å². The molecule has 4 aromatic carbocycles. The molecule has 0 saturated carbocycles. The van der Waals surface area contributed by atoms with E-state index in [9.17, 15) is 19.5 Å². The minimum absolute atomic E-state index is 0.0177. The van der Waals surface area contributed by atoms with Crippen LogP contribution in [0.15, 0.2) is 109 Å². The standard InChI is InChI=1S/C55H59ClN10O5S/c1-34(2)49(66-30-41-9-4-6-10-43(41)54(66)69)55(70)65-31-42(67)25-47(65)53(68)58-28-40-17-16-38(50-35(3)61-33-72-50)24-48(40)71-23-22-63-18-20-64(21-19-63)29-36-12-14-37(15-13-36)46-26-44-51(59-32-60-52(44)62-46)57-27-39-8-5-7-11-45(39)56/h4-17,24,26,32-34,42,47,49,67H,18-23,25,27-31H2,1-3H3,(H,58,68)(H2,57,59,60,62)/t42-,47+,49+/m1/s1. The number of aliphatic hydroxyl groups excluding tert-OH is 1. The minimum Gasteiger partial charge on any atom is -0.492 e. The fourth-order valence-corrected chi connectivity index (χ4v) is 11.2. The van der Waals surface area contributed by atoms with E-state index in [1.807, 2.05) is 86.9 Å². The Morgan fingerprint density at radius 3 is 2.43 bits per heavy atom. The molecule has 0 spiro atoms. The number of carbonyl (C=O) groups excluding carboxylic acids is 3. The van der Waals surface area contributed by atoms with E-state index >= 15 is 0 Å². The largest absolute Gasteiger partial charge is 0.492 e. The highest BCUT2D eigenvalue weighted by Crippen LogP contribution is 2.34. The molecule has 3 aliphatic rings. The first-order valence-electron chi connectivity index (χ1n) is 24.6. The third-order valence-corrected chi connectivity index (χ3v) is 15.4. The molecule has 0 unspecified atom stereocenters. The van der Waals surface area contributed by atoms with Gasteiger partial charge in [-0.15, -0.1) is 11.3 Å². The normalized spacial score (nSPS) is 17.7. The highest BCUT2D eigenvalue weighted by atomic mass is 35.5. The number of aromatic nitrogens is 4. The van der Waals surface area contributed by atoms with E-state index in [0.717, 1.165) is 100 Å². The number of β-amino-alcohol motifs (C(OH)–C–C–N with tert-alkyl or cyclic N) is 1. The number of fused-ring (bicyclic) bond motifs is 2. The quantitative estimate of drug-likeness (QED) is 0.0703. The summed E-state index contributed by atoms with van der Waals surface area (Å²) in [5, 5.41) is 18.9. The third-order valence-electron chi connectivity index (χ3n) is 14.1. The summed E-state index contributed by atoms with van der Waals surface area (Å²) < 4.78 is 6.55. The molecule has 10 rings (SSSR count). The Hall–Kier alpha value is -6.69. The molecule has 72 heavy (non-hydrogen) atoms. The van der Waals surface area contributed by atoms with Crippen LogP contribution in [-0.4, -0.2) is 126 Å². The number of piperazine rings is 1. The van der Waals surface area contributed by atoms with Crippen molar-refractivity contribution in [2.75, 3.05) is 51.2 Å². The molecule has 17 heteroatoms. The van der Waals surface area contributed by atoms with Gasteiger partial charge in [0.25, 0.3) is 5.91 Å². The molecule has 3 amide bonds. The predicted molar refractivity (Wildman–Crippen MR) is 281 cm³/mol. The Morgan fingerprint density at radius 2 is 1.67 bits per heavy atom. The molecule has 2 fully saturated rings. The average Bonchev–Trinajstić information content (AvgIpc) is 4.19. The number of nitrogens with one attached hydrogen (secondary N) is 3. The molecule has 15 nitrogen and oxygen atoms in total. The van der Waals surface area contributed by atoms with Gasteiger partial charge in [0.15, 0.2) is 0 Å². The van der Waals surface area contributed by atoms with Crippen LogP contribution in [0.5, 0.6) is 5.75 Å². The van der Waals surface area contributed by atoms with Crippen molar-refractivity contribution >= 4 is 57.5 Å². The Balaban J connectivity index is 0.732. The summed E-state index contributed by atoms with van der Waals surface area (Å²) >= 11 is 7.96. The van der Waals surface area contributed by atoms with E-state index in [1.54, 1.807) is 28.6 Å². The number of hydrogen-bond donors (Lipinski definition) is 4. The van der Waals surface area contributed by atoms with Gasteiger partial charge in [-0.1, -0.05) is 98.2 Å². The Labute approximate surface area is 428 Å². The zero-order chi connectivity index (χ0) is 49.9. The zero-order valence-corrected chi connectivity index (χ0v) is 42.3. The highest BCUT2D eigenvalue weighted by Gasteiger charge is 2.46. The van der Waals surface area contributed by atoms with E-state index in [1.165, 1.54) is 10.5 Å². The number of amides is 3. The number of thiazole rings is 1. The molecule has 3 aliphatic heterocycles. The zero-order valence-electron chi connectivity index (χ0n) is 40.7. The number of anilines is 1. The smallest absolute Gasteiger partial charge is 0.255 e. The molecule has 4 N–H and O–H groups in total. The third kappa shape index (κ3) is 10.6. The number of halogens is 1. The van der Waals surface area contributed by atoms with Crippen LogP contribution >= 0.6 is 22.9 Å². The fraction of sp³-hybridized carbons (Fsp3) is 0.345. The highest BCUT2D eigenvalue weighted by molar-refractivity contribution is 7.13. The summed E-state index contributed by atoms with van der Waals surface area (Å²) in [5.41, 5.74) is 11.1. The first-order chi connectivity index (χ1) is 35.0. The SMILES string of the molecule is Cc1ncsc1-c1ccc(CNC(=O)[C@@H]2C[C@@H](O)CN2C(=O)[C@H](C(C)C)N2Cc3ccccc3C2=O)c(OCCN2CCN(Cc3ccc(-c4cc5c(NCc6ccccc6Cl)ncnc5[nH]4)cc3)CC2)c1. The number of ether oxygens (including phenoxy) is 1. The Bertz CT molecular complexity index is 3080. The lowest BCUT2D eigenvalue weighted by Crippen LogP contribution is -2.55. The summed E-state index contributed by atoms with van der Waals surface area (Å²) in [6, 6.07) is 30.3. The van der Waals surface area contributed by atoms with Gasteiger partial charge in [-0.2, -0.15) is 0 Å². The number of rotatable bonds is 17. The van der Waals surface area contributed by atoms with Crippen LogP contribution in [0.2, 0.25) is 5.02 Å². The number of aliphatic hydroxyl groups is 1. The fourth-order valence-electron chi connectivity index (χ4n) is 10.2. The van der Waals surface area contributed by atoms with Crippen LogP contribution in [-0.2, 0) is 35.8 Å². The van der Waals surface area contributed by atoms with Crippen molar-refractivity contribution < 1.29 is 24.2 Å². The average molecular weight is 1010 g/mol. The maximum absolute atomic E-state index is 14.3. The number of hydrogen-bond acceptors (Lipinski definition) is 12. The lowest BCUT2D eigenvalue weighted by molar-refractivity contribution is -0.143. The lowest BCUT2D eigenvalue weighted by atomic mass is 10.0. The van der Waals surface area contributed by atoms with Crippen molar-refractivity contribution in [3.8, 4) is 27.4 Å². The van der Waals surface area contributed by atoms with Gasteiger partial charge in [-0.3, -0.25) is 24.2 Å². The summed E-state index contributed by atoms with van der Waals surface area (Å²) in [6.07, 6.45) is 0.807. The lowest BCUT2D eigenvalue weighted by Gasteiger charge is -2.35. The first-order valence-corrected chi connectivity index (χ1v) is 25.9. The van der Waals surface area contributed by atoms with Crippen molar-refractivity contribution in [2.24, 2.45) is 5.92 Å². The molecule has 3 atom stereocenters. The number of aryl methyl sites for hydroxylation is 1. The van der Waals surface area contributed by atoms with E-state index in [2.05, 4.69) is 70.7 Å². The number of benzene rings is 4. The van der Waals surface area contributed by atoms with Crippen molar-refractivity contribution in [3.63, 3.8) is 0 Å². The maximum Gasteiger partial charge on any atom is 0.255 e. The summed E-state index contributed by atoms with van der Waals surface area (Å²) in [5.74, 6) is 0.305. The van der Waals surface area contributed by atoms with Gasteiger partial charge in [0.2, 0.25) is 11.8 Å². The first kappa shape index (κ1) is 48.9. The Kier molecular flexibility index (Phi) is 14.7. The molecule has 6 heterocycles. The minimum atomic E-state index is -0.889. The van der Waals surface area contributed by atoms with Crippen LogP contribution in [0.3, 0.4) is 0 Å². The van der Waals surface area contributed by atoms with E-state index in [-0.39, 0.29) is 43.1 Å². The van der Waals surface area contributed by atoms with Crippen LogP contribution in [0.25, 0.3) is 32.7 Å². The topological polar surface area (TPSA) is 172 Å². The molecule has 0 bridgehead atoms. The molecule has 7 aromatic rings. The van der Waals surface area contributed by atoms with E-state index in [0.29, 0.717) is 36.0 Å². The maximum atomic E-state index is 14.3. The molecular formula is C55H59ClN10O5S. The van der Waals surface area contributed by atoms with Crippen molar-refractivity contribution in [2.45, 2.75) is 71.6 Å². The molecule has 3 aromatic heterocycles. The van der Waals surface area contributed by atoms with E-state index < -0.39 is 18.2 Å². The molecule has 0 radical (unpaired) electrons. The van der Waals surface area contributed by atoms with Gasteiger partial charge in [-0.25, -0.2) is 15.0 Å². The number of likely N-dealkylation sites (tertiary alicyclic amines) is 1. The molecule has 372 valence electrons. The number of H-pyrrole nitrogens is 1. The van der Waals surface area contributed by atoms with Crippen molar-refractivity contribution in [1.29, 1.82) is 0 Å². The number of carbonyl (C=O) groups is 3. The van der Waals surface area contributed by atoms with Gasteiger partial charge in [0.1, 0.15) is 42.2 Å². The van der Waals surface area contributed by atoms with Crippen LogP contribution in [0.4, 0.5) is 5.82 Å². The monoisotopic (exact) mass is 1010 g/mol. The van der Waals surface area contributed by atoms with Crippen molar-refractivity contribution in [3.05, 3.63) is 147 Å². The second kappa shape index (κ2) is 21.6. The van der Waals surface area contributed by atoms with Gasteiger partial charge in [0.05, 0.1) is 27.6 Å². The summed E-state index contributed by atoms with van der Waals surface area (Å²) in [7, 11) is 0. The molecule has 0 aliphatic carbocycles. The van der Waals surface area contributed by atoms with Gasteiger partial charge in [0, 0.05) is 93.7 Å². The second-order valence-corrected chi connectivity index (χ2v) is 20.5. The number of aromatic amines is 1. The Morgan fingerprint density at radius 1 is 0.903 bits per heavy atom.